The third-order valence-electron chi connectivity index (χ3n) is 3.72. The van der Waals surface area contributed by atoms with E-state index in [-0.39, 0.29) is 0 Å². The summed E-state index contributed by atoms with van der Waals surface area (Å²) < 4.78 is 57.8. The van der Waals surface area contributed by atoms with Crippen molar-refractivity contribution in [2.24, 2.45) is 12.2 Å². The van der Waals surface area contributed by atoms with E-state index in [1.54, 1.807) is 17.9 Å². The standard InChI is InChI=1S/C10H19N5O2S.C2HF3O2/c1-13-5-3-4-9(13)8-15(18(11,16)17)10-6-12-14(2)7-10;3-2(4,5)1(6)7/h6-7,9H,3-5,8H2,1-2H3,(H2,11,16,17);(H,6,7)/t9-;/m1./s1. The maximum atomic E-state index is 11.7. The van der Waals surface area contributed by atoms with Gasteiger partial charge in [-0.15, -0.1) is 0 Å². The van der Waals surface area contributed by atoms with E-state index in [4.69, 9.17) is 15.0 Å². The molecule has 1 aliphatic rings. The number of aryl methyl sites for hydroxylation is 1. The Balaban J connectivity index is 0.000000381. The number of likely N-dealkylation sites (N-methyl/N-ethyl adjacent to an activating group) is 1. The minimum atomic E-state index is -5.19. The van der Waals surface area contributed by atoms with Gasteiger partial charge in [-0.3, -0.25) is 4.68 Å². The molecule has 0 amide bonds. The Morgan fingerprint density at radius 2 is 2.12 bits per heavy atom. The molecule has 1 fully saturated rings. The largest absolute Gasteiger partial charge is 0.542 e. The summed E-state index contributed by atoms with van der Waals surface area (Å²) in [6, 6.07) is 0.295. The quantitative estimate of drug-likeness (QED) is 0.586. The molecule has 1 saturated heterocycles. The molecule has 13 heteroatoms. The van der Waals surface area contributed by atoms with Gasteiger partial charge in [-0.05, 0) is 0 Å². The molecule has 1 aliphatic heterocycles. The van der Waals surface area contributed by atoms with Crippen LogP contribution in [0.15, 0.2) is 12.4 Å². The van der Waals surface area contributed by atoms with E-state index in [0.717, 1.165) is 19.4 Å². The van der Waals surface area contributed by atoms with Crippen molar-refractivity contribution in [1.29, 1.82) is 0 Å². The molecule has 0 saturated carbocycles. The molecule has 1 unspecified atom stereocenters. The van der Waals surface area contributed by atoms with Gasteiger partial charge in [-0.2, -0.15) is 26.7 Å². The fourth-order valence-corrected chi connectivity index (χ4v) is 3.19. The number of anilines is 1. The van der Waals surface area contributed by atoms with Crippen LogP contribution in [0.1, 0.15) is 12.8 Å². The van der Waals surface area contributed by atoms with Gasteiger partial charge >= 0.3 is 6.18 Å². The second-order valence-corrected chi connectivity index (χ2v) is 7.14. The molecule has 0 aromatic carbocycles. The van der Waals surface area contributed by atoms with E-state index in [9.17, 15) is 21.6 Å². The molecule has 1 aromatic rings. The average Bonchev–Trinajstić information content (AvgIpc) is 3.03. The van der Waals surface area contributed by atoms with Gasteiger partial charge in [0.1, 0.15) is 12.0 Å². The molecule has 2 heterocycles. The van der Waals surface area contributed by atoms with Crippen molar-refractivity contribution in [2.45, 2.75) is 25.1 Å². The SMILES string of the molecule is Cn1cc(N(C[C@H]2CCC[NH+]2C)S(N)(=O)=O)cn1.O=C([O-])C(F)(F)F. The number of carbonyl (C=O) groups is 1. The fraction of sp³-hybridized carbons (Fsp3) is 0.667. The van der Waals surface area contributed by atoms with Crippen LogP contribution < -0.4 is 19.5 Å². The maximum absolute atomic E-state index is 11.7. The summed E-state index contributed by atoms with van der Waals surface area (Å²) in [6.07, 6.45) is 0.142. The van der Waals surface area contributed by atoms with Crippen LogP contribution in [0.4, 0.5) is 18.9 Å². The number of halogens is 3. The number of hydrogen-bond donors (Lipinski definition) is 2. The molecule has 144 valence electrons. The molecular weight excluding hydrogens is 367 g/mol. The van der Waals surface area contributed by atoms with Crippen molar-refractivity contribution in [3.8, 4) is 0 Å². The monoisotopic (exact) mass is 387 g/mol. The number of alkyl halides is 3. The zero-order valence-corrected chi connectivity index (χ0v) is 14.5. The van der Waals surface area contributed by atoms with Crippen LogP contribution in [0.25, 0.3) is 0 Å². The number of nitrogens with zero attached hydrogens (tertiary/aromatic N) is 3. The lowest BCUT2D eigenvalue weighted by Gasteiger charge is -2.25. The first kappa shape index (κ1) is 21.2. The maximum Gasteiger partial charge on any atom is 0.430 e. The average molecular weight is 387 g/mol. The third kappa shape index (κ3) is 6.51. The normalized spacial score (nSPS) is 20.7. The number of likely N-dealkylation sites (tertiary alicyclic amines) is 1. The lowest BCUT2D eigenvalue weighted by molar-refractivity contribution is -0.890. The molecule has 2 atom stereocenters. The molecule has 1 aromatic heterocycles. The predicted molar refractivity (Wildman–Crippen MR) is 79.5 cm³/mol. The van der Waals surface area contributed by atoms with E-state index in [2.05, 4.69) is 12.1 Å². The summed E-state index contributed by atoms with van der Waals surface area (Å²) in [5.74, 6) is -3.01. The molecule has 0 radical (unpaired) electrons. The van der Waals surface area contributed by atoms with Crippen molar-refractivity contribution in [2.75, 3.05) is 24.4 Å². The highest BCUT2D eigenvalue weighted by Gasteiger charge is 2.31. The van der Waals surface area contributed by atoms with Gasteiger partial charge in [0.25, 0.3) is 10.2 Å². The van der Waals surface area contributed by atoms with Crippen LogP contribution in [0.2, 0.25) is 0 Å². The lowest BCUT2D eigenvalue weighted by Crippen LogP contribution is -3.11. The molecular formula is C12H20F3N5O4S. The summed E-state index contributed by atoms with van der Waals surface area (Å²) in [5.41, 5.74) is 0.528. The number of quaternary nitrogens is 1. The first-order valence-electron chi connectivity index (χ1n) is 7.22. The number of rotatable bonds is 4. The molecule has 9 nitrogen and oxygen atoms in total. The van der Waals surface area contributed by atoms with Crippen LogP contribution in [0.5, 0.6) is 0 Å². The van der Waals surface area contributed by atoms with Crippen LogP contribution in [-0.4, -0.2) is 56.5 Å². The second-order valence-electron chi connectivity index (χ2n) is 5.67. The molecule has 25 heavy (non-hydrogen) atoms. The Kier molecular flexibility index (Phi) is 6.79. The number of nitrogens with two attached hydrogens (primary N) is 1. The molecule has 0 aliphatic carbocycles. The summed E-state index contributed by atoms with van der Waals surface area (Å²) in [5, 5.41) is 18.1. The van der Waals surface area contributed by atoms with Crippen molar-refractivity contribution in [3.63, 3.8) is 0 Å². The Morgan fingerprint density at radius 3 is 2.44 bits per heavy atom. The number of nitrogens with one attached hydrogen (secondary N) is 1. The van der Waals surface area contributed by atoms with Crippen LogP contribution in [0.3, 0.4) is 0 Å². The topological polar surface area (TPSA) is 126 Å². The molecule has 0 spiro atoms. The first-order valence-corrected chi connectivity index (χ1v) is 8.72. The lowest BCUT2D eigenvalue weighted by atomic mass is 10.2. The second kappa shape index (κ2) is 8.01. The van der Waals surface area contributed by atoms with E-state index in [1.807, 2.05) is 0 Å². The molecule has 2 rings (SSSR count). The highest BCUT2D eigenvalue weighted by molar-refractivity contribution is 7.90. The number of carbonyl (C=O) groups excluding carboxylic acids is 1. The Bertz CT molecular complexity index is 691. The van der Waals surface area contributed by atoms with E-state index < -0.39 is 22.4 Å². The number of aromatic nitrogens is 2. The van der Waals surface area contributed by atoms with Crippen molar-refractivity contribution in [3.05, 3.63) is 12.4 Å². The van der Waals surface area contributed by atoms with Crippen LogP contribution in [0, 0.1) is 0 Å². The zero-order chi connectivity index (χ0) is 19.4. The summed E-state index contributed by atoms with van der Waals surface area (Å²) in [6.45, 7) is 1.49. The van der Waals surface area contributed by atoms with Gasteiger partial charge < -0.3 is 14.8 Å². The van der Waals surface area contributed by atoms with Crippen LogP contribution in [-0.2, 0) is 22.1 Å². The van der Waals surface area contributed by atoms with Gasteiger partial charge in [0.15, 0.2) is 0 Å². The van der Waals surface area contributed by atoms with E-state index in [0.29, 0.717) is 18.3 Å². The van der Waals surface area contributed by atoms with Crippen LogP contribution >= 0.6 is 0 Å². The number of hydrogen-bond acceptors (Lipinski definition) is 5. The number of carboxylic acid groups (broad SMARTS) is 1. The third-order valence-corrected chi connectivity index (χ3v) is 4.70. The smallest absolute Gasteiger partial charge is 0.430 e. The Morgan fingerprint density at radius 1 is 1.56 bits per heavy atom. The minimum Gasteiger partial charge on any atom is -0.542 e. The van der Waals surface area contributed by atoms with Crippen molar-refractivity contribution >= 4 is 21.9 Å². The van der Waals surface area contributed by atoms with Gasteiger partial charge in [0.05, 0.1) is 32.0 Å². The Labute approximate surface area is 143 Å². The first-order chi connectivity index (χ1) is 11.3. The summed E-state index contributed by atoms with van der Waals surface area (Å²) in [4.78, 5) is 10.1. The molecule has 0 bridgehead atoms. The fourth-order valence-electron chi connectivity index (χ4n) is 2.42. The minimum absolute atomic E-state index is 0.295. The predicted octanol–water partition coefficient (Wildman–Crippen LogP) is -2.59. The van der Waals surface area contributed by atoms with Gasteiger partial charge in [0.2, 0.25) is 0 Å². The van der Waals surface area contributed by atoms with E-state index >= 15 is 0 Å². The number of aliphatic carboxylic acids is 1. The van der Waals surface area contributed by atoms with E-state index in [1.165, 1.54) is 15.4 Å². The van der Waals surface area contributed by atoms with Crippen molar-refractivity contribution in [1.82, 2.24) is 9.78 Å². The van der Waals surface area contributed by atoms with Crippen molar-refractivity contribution < 1.29 is 36.4 Å². The van der Waals surface area contributed by atoms with Gasteiger partial charge in [-0.1, -0.05) is 0 Å². The summed E-state index contributed by atoms with van der Waals surface area (Å²) >= 11 is 0. The highest BCUT2D eigenvalue weighted by Crippen LogP contribution is 2.16. The highest BCUT2D eigenvalue weighted by atomic mass is 32.2. The zero-order valence-electron chi connectivity index (χ0n) is 13.7. The van der Waals surface area contributed by atoms with Gasteiger partial charge in [-0.25, -0.2) is 9.44 Å². The summed E-state index contributed by atoms with van der Waals surface area (Å²) in [7, 11) is 0.0845. The Hall–Kier alpha value is -1.86. The van der Waals surface area contributed by atoms with Gasteiger partial charge in [0, 0.05) is 26.1 Å². The molecule has 3 N–H and O–H groups in total. The number of carboxylic acids is 1.